The van der Waals surface area contributed by atoms with Gasteiger partial charge in [-0.3, -0.25) is 4.63 Å². The van der Waals surface area contributed by atoms with Crippen LogP contribution in [-0.2, 0) is 0 Å². The van der Waals surface area contributed by atoms with Gasteiger partial charge in [-0.05, 0) is 4.90 Å². The molecule has 0 amide bonds. The SMILES string of the molecule is [O-][n+]1onc(-c2ncon2)c1-c1ncon1. The fourth-order valence-electron chi connectivity index (χ4n) is 1.13. The second-order valence-electron chi connectivity index (χ2n) is 2.64. The standard InChI is InChI=1S/C6H2N6O4/c13-12-4(6-8-2-15-11-6)3(9-16-12)5-7-1-14-10-5/h1-2H. The Morgan fingerprint density at radius 2 is 1.69 bits per heavy atom. The van der Waals surface area contributed by atoms with Gasteiger partial charge in [0, 0.05) is 0 Å². The van der Waals surface area contributed by atoms with E-state index >= 15 is 0 Å². The minimum absolute atomic E-state index is 0.0241. The molecule has 0 atom stereocenters. The minimum atomic E-state index is -0.0462. The van der Waals surface area contributed by atoms with Crippen LogP contribution in [0.3, 0.4) is 0 Å². The van der Waals surface area contributed by atoms with Gasteiger partial charge in [0.25, 0.3) is 17.3 Å². The van der Waals surface area contributed by atoms with Crippen molar-refractivity contribution in [3.8, 4) is 23.0 Å². The van der Waals surface area contributed by atoms with Gasteiger partial charge in [0.15, 0.2) is 0 Å². The third-order valence-corrected chi connectivity index (χ3v) is 1.76. The third kappa shape index (κ3) is 1.13. The van der Waals surface area contributed by atoms with Crippen LogP contribution in [0, 0.1) is 5.21 Å². The van der Waals surface area contributed by atoms with Crippen molar-refractivity contribution in [3.05, 3.63) is 18.0 Å². The van der Waals surface area contributed by atoms with Crippen LogP contribution in [-0.4, -0.2) is 25.4 Å². The smallest absolute Gasteiger partial charge is 0.300 e. The molecule has 80 valence electrons. The van der Waals surface area contributed by atoms with E-state index in [1.165, 1.54) is 0 Å². The summed E-state index contributed by atoms with van der Waals surface area (Å²) in [6.07, 6.45) is 2.17. The van der Waals surface area contributed by atoms with Crippen molar-refractivity contribution in [3.63, 3.8) is 0 Å². The van der Waals surface area contributed by atoms with Gasteiger partial charge in [0.1, 0.15) is 0 Å². The molecule has 0 saturated heterocycles. The van der Waals surface area contributed by atoms with Crippen LogP contribution in [0.4, 0.5) is 0 Å². The fraction of sp³-hybridized carbons (Fsp3) is 0. The van der Waals surface area contributed by atoms with Gasteiger partial charge >= 0.3 is 5.69 Å². The highest BCUT2D eigenvalue weighted by atomic mass is 16.8. The summed E-state index contributed by atoms with van der Waals surface area (Å²) in [5.74, 6) is 0.120. The zero-order chi connectivity index (χ0) is 11.0. The average molecular weight is 222 g/mol. The molecule has 3 heterocycles. The molecule has 0 aliphatic carbocycles. The Morgan fingerprint density at radius 1 is 1.00 bits per heavy atom. The molecule has 16 heavy (non-hydrogen) atoms. The normalized spacial score (nSPS) is 10.8. The van der Waals surface area contributed by atoms with Crippen LogP contribution in [0.25, 0.3) is 23.0 Å². The Bertz CT molecular complexity index is 585. The van der Waals surface area contributed by atoms with Crippen molar-refractivity contribution in [2.75, 3.05) is 0 Å². The lowest BCUT2D eigenvalue weighted by Crippen LogP contribution is -2.25. The molecule has 0 bridgehead atoms. The van der Waals surface area contributed by atoms with Crippen molar-refractivity contribution in [1.82, 2.24) is 25.4 Å². The van der Waals surface area contributed by atoms with E-state index in [9.17, 15) is 5.21 Å². The monoisotopic (exact) mass is 222 g/mol. The van der Waals surface area contributed by atoms with Gasteiger partial charge in [-0.25, -0.2) is 0 Å². The van der Waals surface area contributed by atoms with E-state index in [2.05, 4.69) is 39.1 Å². The molecule has 0 fully saturated rings. The molecule has 3 aromatic rings. The van der Waals surface area contributed by atoms with Gasteiger partial charge in [-0.1, -0.05) is 10.3 Å². The van der Waals surface area contributed by atoms with Gasteiger partial charge in [-0.15, -0.1) is 0 Å². The third-order valence-electron chi connectivity index (χ3n) is 1.76. The Hall–Kier alpha value is -2.78. The molecule has 10 nitrogen and oxygen atoms in total. The predicted octanol–water partition coefficient (Wildman–Crippen LogP) is -0.592. The largest absolute Gasteiger partial charge is 0.359 e. The van der Waals surface area contributed by atoms with Crippen LogP contribution >= 0.6 is 0 Å². The number of hydrogen-bond acceptors (Lipinski definition) is 9. The first-order valence-corrected chi connectivity index (χ1v) is 3.99. The van der Waals surface area contributed by atoms with E-state index in [0.29, 0.717) is 0 Å². The molecule has 0 aromatic carbocycles. The molecule has 0 unspecified atom stereocenters. The van der Waals surface area contributed by atoms with Crippen LogP contribution in [0.5, 0.6) is 0 Å². The van der Waals surface area contributed by atoms with Crippen molar-refractivity contribution in [1.29, 1.82) is 0 Å². The molecule has 0 N–H and O–H groups in total. The van der Waals surface area contributed by atoms with Crippen LogP contribution in [0.2, 0.25) is 0 Å². The first-order valence-electron chi connectivity index (χ1n) is 3.99. The lowest BCUT2D eigenvalue weighted by atomic mass is 10.3. The summed E-state index contributed by atoms with van der Waals surface area (Å²) in [6, 6.07) is 0. The maximum Gasteiger partial charge on any atom is 0.300 e. The fourth-order valence-corrected chi connectivity index (χ4v) is 1.13. The molecule has 0 aliphatic rings. The molecule has 3 aromatic heterocycles. The molecular weight excluding hydrogens is 220 g/mol. The average Bonchev–Trinajstić information content (AvgIpc) is 2.96. The summed E-state index contributed by atoms with van der Waals surface area (Å²) >= 11 is 0. The number of nitrogens with zero attached hydrogens (tertiary/aromatic N) is 6. The highest BCUT2D eigenvalue weighted by Gasteiger charge is 2.29. The van der Waals surface area contributed by atoms with Crippen LogP contribution in [0.1, 0.15) is 0 Å². The van der Waals surface area contributed by atoms with Gasteiger partial charge in [0.05, 0.1) is 5.16 Å². The highest BCUT2D eigenvalue weighted by molar-refractivity contribution is 5.65. The van der Waals surface area contributed by atoms with E-state index in [4.69, 9.17) is 0 Å². The van der Waals surface area contributed by atoms with E-state index in [1.54, 1.807) is 0 Å². The van der Waals surface area contributed by atoms with Crippen molar-refractivity contribution in [2.45, 2.75) is 0 Å². The van der Waals surface area contributed by atoms with E-state index < -0.39 is 0 Å². The highest BCUT2D eigenvalue weighted by Crippen LogP contribution is 2.21. The quantitative estimate of drug-likeness (QED) is 0.521. The van der Waals surface area contributed by atoms with E-state index in [1.807, 2.05) is 0 Å². The van der Waals surface area contributed by atoms with E-state index in [-0.39, 0.29) is 27.9 Å². The van der Waals surface area contributed by atoms with Gasteiger partial charge in [-0.2, -0.15) is 9.97 Å². The molecule has 0 aliphatic heterocycles. The Labute approximate surface area is 86.0 Å². The Balaban J connectivity index is 2.21. The maximum atomic E-state index is 11.3. The molecular formula is C6H2N6O4. The van der Waals surface area contributed by atoms with E-state index in [0.717, 1.165) is 12.8 Å². The molecule has 3 rings (SSSR count). The maximum absolute atomic E-state index is 11.3. The summed E-state index contributed by atoms with van der Waals surface area (Å²) in [5.41, 5.74) is 0.0281. The minimum Gasteiger partial charge on any atom is -0.359 e. The molecule has 10 heteroatoms. The van der Waals surface area contributed by atoms with Crippen molar-refractivity contribution < 1.29 is 18.6 Å². The summed E-state index contributed by atoms with van der Waals surface area (Å²) in [5, 5.41) is 21.8. The first kappa shape index (κ1) is 8.52. The summed E-state index contributed by atoms with van der Waals surface area (Å²) < 4.78 is 13.5. The summed E-state index contributed by atoms with van der Waals surface area (Å²) in [7, 11) is 0. The van der Waals surface area contributed by atoms with Gasteiger partial charge < -0.3 is 14.3 Å². The first-order chi connectivity index (χ1) is 7.86. The zero-order valence-electron chi connectivity index (χ0n) is 7.47. The van der Waals surface area contributed by atoms with Crippen molar-refractivity contribution in [2.24, 2.45) is 0 Å². The zero-order valence-corrected chi connectivity index (χ0v) is 7.47. The number of aromatic nitrogens is 6. The Kier molecular flexibility index (Phi) is 1.66. The number of hydrogen-bond donors (Lipinski definition) is 0. The second-order valence-corrected chi connectivity index (χ2v) is 2.64. The number of rotatable bonds is 2. The summed E-state index contributed by atoms with van der Waals surface area (Å²) in [4.78, 5) is 7.57. The lowest BCUT2D eigenvalue weighted by Gasteiger charge is -1.88. The lowest BCUT2D eigenvalue weighted by molar-refractivity contribution is -0.793. The predicted molar refractivity (Wildman–Crippen MR) is 42.0 cm³/mol. The van der Waals surface area contributed by atoms with Gasteiger partial charge in [0.2, 0.25) is 12.8 Å². The molecule has 0 spiro atoms. The summed E-state index contributed by atoms with van der Waals surface area (Å²) in [6.45, 7) is 0. The molecule has 0 radical (unpaired) electrons. The van der Waals surface area contributed by atoms with Crippen LogP contribution < -0.4 is 4.90 Å². The van der Waals surface area contributed by atoms with Crippen molar-refractivity contribution >= 4 is 0 Å². The molecule has 0 saturated carbocycles. The van der Waals surface area contributed by atoms with Crippen LogP contribution in [0.15, 0.2) is 26.5 Å². The second kappa shape index (κ2) is 3.12. The topological polar surface area (TPSA) is 131 Å². The Morgan fingerprint density at radius 3 is 2.31 bits per heavy atom.